The Balaban J connectivity index is 2.00. The second kappa shape index (κ2) is 5.02. The second-order valence-corrected chi connectivity index (χ2v) is 5.56. The van der Waals surface area contributed by atoms with E-state index < -0.39 is 0 Å². The minimum Gasteiger partial charge on any atom is -0.381 e. The third-order valence-corrected chi connectivity index (χ3v) is 4.29. The van der Waals surface area contributed by atoms with Gasteiger partial charge in [-0.1, -0.05) is 23.7 Å². The van der Waals surface area contributed by atoms with Gasteiger partial charge in [-0.15, -0.1) is 0 Å². The maximum atomic E-state index is 6.33. The fourth-order valence-electron chi connectivity index (χ4n) is 3.00. The molecule has 102 valence electrons. The maximum Gasteiger partial charge on any atom is 0.196 e. The van der Waals surface area contributed by atoms with E-state index in [2.05, 4.69) is 9.89 Å². The molecule has 0 aromatic heterocycles. The van der Waals surface area contributed by atoms with Crippen LogP contribution in [0.3, 0.4) is 0 Å². The lowest BCUT2D eigenvalue weighted by molar-refractivity contribution is 0.140. The van der Waals surface area contributed by atoms with Crippen molar-refractivity contribution in [3.63, 3.8) is 0 Å². The molecular formula is C14H18ClN3O. The van der Waals surface area contributed by atoms with Crippen LogP contribution in [0.25, 0.3) is 0 Å². The summed E-state index contributed by atoms with van der Waals surface area (Å²) in [5.74, 6) is 0.565. The van der Waals surface area contributed by atoms with Crippen LogP contribution in [0.2, 0.25) is 5.02 Å². The Bertz CT molecular complexity index is 495. The number of anilines is 1. The molecule has 3 rings (SSSR count). The molecule has 0 bridgehead atoms. The highest BCUT2D eigenvalue weighted by molar-refractivity contribution is 6.34. The third-order valence-electron chi connectivity index (χ3n) is 3.97. The summed E-state index contributed by atoms with van der Waals surface area (Å²) in [5.41, 5.74) is 7.00. The molecule has 4 nitrogen and oxygen atoms in total. The highest BCUT2D eigenvalue weighted by atomic mass is 35.5. The van der Waals surface area contributed by atoms with Crippen molar-refractivity contribution in [1.29, 1.82) is 0 Å². The number of guanidine groups is 1. The van der Waals surface area contributed by atoms with Crippen LogP contribution in [-0.2, 0) is 4.74 Å². The molecule has 2 N–H and O–H groups in total. The molecule has 2 heterocycles. The van der Waals surface area contributed by atoms with Gasteiger partial charge in [-0.05, 0) is 31.4 Å². The number of nitrogens with zero attached hydrogens (tertiary/aromatic N) is 2. The monoisotopic (exact) mass is 279 g/mol. The number of halogens is 1. The van der Waals surface area contributed by atoms with Crippen molar-refractivity contribution >= 4 is 23.2 Å². The van der Waals surface area contributed by atoms with Crippen LogP contribution in [0.15, 0.2) is 29.3 Å². The molecule has 1 aromatic carbocycles. The van der Waals surface area contributed by atoms with E-state index in [0.29, 0.717) is 11.0 Å². The van der Waals surface area contributed by atoms with E-state index in [0.717, 1.165) is 44.7 Å². The van der Waals surface area contributed by atoms with Crippen molar-refractivity contribution in [2.75, 3.05) is 24.7 Å². The first-order valence-electron chi connectivity index (χ1n) is 6.65. The van der Waals surface area contributed by atoms with E-state index in [4.69, 9.17) is 22.1 Å². The fraction of sp³-hybridized carbons (Fsp3) is 0.500. The first-order valence-corrected chi connectivity index (χ1v) is 7.03. The summed E-state index contributed by atoms with van der Waals surface area (Å²) in [6, 6.07) is 7.80. The largest absolute Gasteiger partial charge is 0.381 e. The molecule has 1 unspecified atom stereocenters. The molecule has 2 aliphatic rings. The molecule has 0 aliphatic carbocycles. The van der Waals surface area contributed by atoms with Crippen molar-refractivity contribution < 1.29 is 4.74 Å². The number of nitrogens with two attached hydrogens (primary N) is 1. The van der Waals surface area contributed by atoms with Crippen LogP contribution >= 0.6 is 11.6 Å². The summed E-state index contributed by atoms with van der Waals surface area (Å²) in [5, 5.41) is 0.715. The molecular weight excluding hydrogens is 262 g/mol. The first kappa shape index (κ1) is 12.8. The Labute approximate surface area is 118 Å². The Morgan fingerprint density at radius 3 is 2.95 bits per heavy atom. The standard InChI is InChI=1S/C14H18ClN3O/c15-11-4-1-2-5-12(11)18-13(16)17-10-14(18)6-3-8-19-9-7-14/h1-2,4-5H,3,6-10H2,(H2,16,17). The van der Waals surface area contributed by atoms with Crippen molar-refractivity contribution in [2.24, 2.45) is 10.7 Å². The SMILES string of the molecule is NC1=NCC2(CCCOCC2)N1c1ccccc1Cl. The number of hydrogen-bond acceptors (Lipinski definition) is 4. The predicted molar refractivity (Wildman–Crippen MR) is 77.8 cm³/mol. The molecule has 0 amide bonds. The summed E-state index contributed by atoms with van der Waals surface area (Å²) in [6.07, 6.45) is 2.99. The highest BCUT2D eigenvalue weighted by Crippen LogP contribution is 2.39. The van der Waals surface area contributed by atoms with Gasteiger partial charge in [0.1, 0.15) is 0 Å². The van der Waals surface area contributed by atoms with Gasteiger partial charge in [0, 0.05) is 13.2 Å². The Hall–Kier alpha value is -1.26. The average molecular weight is 280 g/mol. The molecule has 1 spiro atoms. The van der Waals surface area contributed by atoms with Crippen molar-refractivity contribution in [1.82, 2.24) is 0 Å². The fourth-order valence-corrected chi connectivity index (χ4v) is 3.22. The smallest absolute Gasteiger partial charge is 0.196 e. The van der Waals surface area contributed by atoms with E-state index in [1.807, 2.05) is 24.3 Å². The van der Waals surface area contributed by atoms with E-state index in [-0.39, 0.29) is 5.54 Å². The second-order valence-electron chi connectivity index (χ2n) is 5.15. The highest BCUT2D eigenvalue weighted by Gasteiger charge is 2.43. The zero-order valence-electron chi connectivity index (χ0n) is 10.8. The molecule has 0 radical (unpaired) electrons. The van der Waals surface area contributed by atoms with Crippen molar-refractivity contribution in [2.45, 2.75) is 24.8 Å². The topological polar surface area (TPSA) is 50.9 Å². The third kappa shape index (κ3) is 2.19. The van der Waals surface area contributed by atoms with E-state index in [9.17, 15) is 0 Å². The lowest BCUT2D eigenvalue weighted by Crippen LogP contribution is -2.52. The van der Waals surface area contributed by atoms with Crippen LogP contribution in [-0.4, -0.2) is 31.3 Å². The molecule has 5 heteroatoms. The Morgan fingerprint density at radius 2 is 2.11 bits per heavy atom. The summed E-state index contributed by atoms with van der Waals surface area (Å²) < 4.78 is 5.58. The maximum absolute atomic E-state index is 6.33. The molecule has 1 fully saturated rings. The van der Waals surface area contributed by atoms with Crippen LogP contribution in [0.4, 0.5) is 5.69 Å². The number of aliphatic imine (C=N–C) groups is 1. The average Bonchev–Trinajstić information content (AvgIpc) is 2.60. The normalized spacial score (nSPS) is 27.4. The van der Waals surface area contributed by atoms with Gasteiger partial charge in [0.15, 0.2) is 5.96 Å². The predicted octanol–water partition coefficient (Wildman–Crippen LogP) is 2.41. The summed E-state index contributed by atoms with van der Waals surface area (Å²) in [4.78, 5) is 6.57. The molecule has 19 heavy (non-hydrogen) atoms. The minimum atomic E-state index is -0.0639. The van der Waals surface area contributed by atoms with Gasteiger partial charge in [0.2, 0.25) is 0 Å². The first-order chi connectivity index (χ1) is 9.23. The van der Waals surface area contributed by atoms with Crippen molar-refractivity contribution in [3.05, 3.63) is 29.3 Å². The van der Waals surface area contributed by atoms with Crippen LogP contribution in [0.1, 0.15) is 19.3 Å². The Morgan fingerprint density at radius 1 is 1.26 bits per heavy atom. The van der Waals surface area contributed by atoms with Crippen LogP contribution < -0.4 is 10.6 Å². The summed E-state index contributed by atoms with van der Waals surface area (Å²) in [6.45, 7) is 2.30. The molecule has 2 aliphatic heterocycles. The minimum absolute atomic E-state index is 0.0639. The Kier molecular flexibility index (Phi) is 3.37. The number of para-hydroxylation sites is 1. The number of hydrogen-bond donors (Lipinski definition) is 1. The zero-order chi connectivity index (χ0) is 13.3. The van der Waals surface area contributed by atoms with E-state index in [1.165, 1.54) is 0 Å². The van der Waals surface area contributed by atoms with Gasteiger partial charge >= 0.3 is 0 Å². The van der Waals surface area contributed by atoms with Crippen LogP contribution in [0.5, 0.6) is 0 Å². The number of rotatable bonds is 1. The number of benzene rings is 1. The van der Waals surface area contributed by atoms with Gasteiger partial charge < -0.3 is 15.4 Å². The molecule has 1 saturated heterocycles. The van der Waals surface area contributed by atoms with E-state index >= 15 is 0 Å². The zero-order valence-corrected chi connectivity index (χ0v) is 11.6. The molecule has 1 atom stereocenters. The van der Waals surface area contributed by atoms with Gasteiger partial charge in [-0.2, -0.15) is 0 Å². The van der Waals surface area contributed by atoms with Gasteiger partial charge in [-0.25, -0.2) is 0 Å². The lowest BCUT2D eigenvalue weighted by Gasteiger charge is -2.38. The van der Waals surface area contributed by atoms with Crippen LogP contribution in [0, 0.1) is 0 Å². The summed E-state index contributed by atoms with van der Waals surface area (Å²) in [7, 11) is 0. The van der Waals surface area contributed by atoms with E-state index in [1.54, 1.807) is 0 Å². The van der Waals surface area contributed by atoms with Crippen molar-refractivity contribution in [3.8, 4) is 0 Å². The van der Waals surface area contributed by atoms with Gasteiger partial charge in [-0.3, -0.25) is 4.99 Å². The lowest BCUT2D eigenvalue weighted by atomic mass is 9.89. The number of ether oxygens (including phenoxy) is 1. The quantitative estimate of drug-likeness (QED) is 0.859. The van der Waals surface area contributed by atoms with Gasteiger partial charge in [0.05, 0.1) is 22.8 Å². The summed E-state index contributed by atoms with van der Waals surface area (Å²) >= 11 is 6.33. The molecule has 1 aromatic rings. The van der Waals surface area contributed by atoms with Gasteiger partial charge in [0.25, 0.3) is 0 Å². The molecule has 0 saturated carbocycles.